The molecule has 1 aliphatic carbocycles. The minimum absolute atomic E-state index is 0.520. The summed E-state index contributed by atoms with van der Waals surface area (Å²) in [5.41, 5.74) is 3.29. The maximum atomic E-state index is 9.48. The molecule has 1 saturated carbocycles. The number of nitrogens with zero attached hydrogens (tertiary/aromatic N) is 1. The molecular weight excluding hydrogens is 218 g/mol. The summed E-state index contributed by atoms with van der Waals surface area (Å²) in [7, 11) is 0. The van der Waals surface area contributed by atoms with E-state index in [1.54, 1.807) is 0 Å². The second kappa shape index (κ2) is 6.21. The molecular formula is C17H19N. The third-order valence-electron chi connectivity index (χ3n) is 3.69. The van der Waals surface area contributed by atoms with E-state index in [1.807, 2.05) is 36.4 Å². The Kier molecular flexibility index (Phi) is 4.36. The van der Waals surface area contributed by atoms with E-state index in [9.17, 15) is 5.26 Å². The van der Waals surface area contributed by atoms with Crippen LogP contribution in [-0.2, 0) is 0 Å². The Bertz CT molecular complexity index is 476. The normalized spacial score (nSPS) is 22.1. The van der Waals surface area contributed by atoms with E-state index in [0.717, 1.165) is 24.0 Å². The molecule has 1 aliphatic rings. The number of rotatable bonds is 3. The van der Waals surface area contributed by atoms with E-state index in [4.69, 9.17) is 0 Å². The quantitative estimate of drug-likeness (QED) is 0.550. The van der Waals surface area contributed by atoms with E-state index >= 15 is 0 Å². The van der Waals surface area contributed by atoms with Gasteiger partial charge in [-0.2, -0.15) is 5.26 Å². The summed E-state index contributed by atoms with van der Waals surface area (Å²) in [5.74, 6) is 0.520. The van der Waals surface area contributed by atoms with E-state index in [-0.39, 0.29) is 0 Å². The van der Waals surface area contributed by atoms with Crippen molar-refractivity contribution in [3.05, 3.63) is 54.1 Å². The van der Waals surface area contributed by atoms with Gasteiger partial charge in [0.1, 0.15) is 0 Å². The van der Waals surface area contributed by atoms with Crippen LogP contribution < -0.4 is 0 Å². The summed E-state index contributed by atoms with van der Waals surface area (Å²) >= 11 is 0. The fraction of sp³-hybridized carbons (Fsp3) is 0.353. The zero-order chi connectivity index (χ0) is 12.8. The second-order valence-corrected chi connectivity index (χ2v) is 4.85. The van der Waals surface area contributed by atoms with E-state index in [0.29, 0.717) is 5.92 Å². The Morgan fingerprint density at radius 1 is 1.33 bits per heavy atom. The van der Waals surface area contributed by atoms with Crippen LogP contribution in [0.15, 0.2) is 48.6 Å². The molecule has 1 nitrogen and oxygen atoms in total. The molecule has 0 bridgehead atoms. The molecule has 0 N–H and O–H groups in total. The maximum absolute atomic E-state index is 9.48. The Labute approximate surface area is 109 Å². The van der Waals surface area contributed by atoms with Crippen LogP contribution in [0.5, 0.6) is 0 Å². The minimum atomic E-state index is 0.520. The SMILES string of the molecule is C=CCC1CCCC/C1=C(/C#N)c1ccccc1. The number of allylic oxidation sites excluding steroid dienone is 3. The van der Waals surface area contributed by atoms with Gasteiger partial charge in [-0.15, -0.1) is 6.58 Å². The highest BCUT2D eigenvalue weighted by Gasteiger charge is 2.21. The number of nitriles is 1. The van der Waals surface area contributed by atoms with Gasteiger partial charge < -0.3 is 0 Å². The summed E-state index contributed by atoms with van der Waals surface area (Å²) in [4.78, 5) is 0. The largest absolute Gasteiger partial charge is 0.192 e. The lowest BCUT2D eigenvalue weighted by atomic mass is 9.78. The molecule has 2 rings (SSSR count). The van der Waals surface area contributed by atoms with Crippen LogP contribution in [0.25, 0.3) is 5.57 Å². The minimum Gasteiger partial charge on any atom is -0.192 e. The first-order valence-electron chi connectivity index (χ1n) is 6.66. The van der Waals surface area contributed by atoms with Gasteiger partial charge in [0.2, 0.25) is 0 Å². The van der Waals surface area contributed by atoms with Crippen molar-refractivity contribution in [1.82, 2.24) is 0 Å². The van der Waals surface area contributed by atoms with Crippen LogP contribution in [-0.4, -0.2) is 0 Å². The molecule has 1 aromatic rings. The van der Waals surface area contributed by atoms with Crippen molar-refractivity contribution in [3.8, 4) is 6.07 Å². The molecule has 18 heavy (non-hydrogen) atoms. The lowest BCUT2D eigenvalue weighted by Crippen LogP contribution is -2.11. The van der Waals surface area contributed by atoms with Gasteiger partial charge in [0.25, 0.3) is 0 Å². The highest BCUT2D eigenvalue weighted by Crippen LogP contribution is 2.36. The molecule has 0 heterocycles. The van der Waals surface area contributed by atoms with Crippen molar-refractivity contribution in [3.63, 3.8) is 0 Å². The Hall–Kier alpha value is -1.81. The lowest BCUT2D eigenvalue weighted by Gasteiger charge is -2.25. The van der Waals surface area contributed by atoms with Crippen molar-refractivity contribution in [2.75, 3.05) is 0 Å². The van der Waals surface area contributed by atoms with Crippen LogP contribution >= 0.6 is 0 Å². The van der Waals surface area contributed by atoms with Gasteiger partial charge in [0.05, 0.1) is 11.6 Å². The van der Waals surface area contributed by atoms with Crippen molar-refractivity contribution in [1.29, 1.82) is 5.26 Å². The first kappa shape index (κ1) is 12.6. The summed E-state index contributed by atoms with van der Waals surface area (Å²) in [6.45, 7) is 3.84. The van der Waals surface area contributed by atoms with Crippen molar-refractivity contribution in [2.24, 2.45) is 5.92 Å². The molecule has 0 aromatic heterocycles. The zero-order valence-electron chi connectivity index (χ0n) is 10.7. The highest BCUT2D eigenvalue weighted by molar-refractivity contribution is 5.79. The summed E-state index contributed by atoms with van der Waals surface area (Å²) in [6.07, 6.45) is 7.72. The van der Waals surface area contributed by atoms with Gasteiger partial charge in [0, 0.05) is 0 Å². The predicted molar refractivity (Wildman–Crippen MR) is 75.7 cm³/mol. The monoisotopic (exact) mass is 237 g/mol. The molecule has 1 aromatic carbocycles. The van der Waals surface area contributed by atoms with Gasteiger partial charge in [0.15, 0.2) is 0 Å². The molecule has 92 valence electrons. The Morgan fingerprint density at radius 2 is 2.11 bits per heavy atom. The zero-order valence-corrected chi connectivity index (χ0v) is 10.7. The van der Waals surface area contributed by atoms with Crippen molar-refractivity contribution >= 4 is 5.57 Å². The van der Waals surface area contributed by atoms with Crippen LogP contribution in [0.4, 0.5) is 0 Å². The van der Waals surface area contributed by atoms with Gasteiger partial charge in [-0.05, 0) is 42.7 Å². The van der Waals surface area contributed by atoms with Gasteiger partial charge >= 0.3 is 0 Å². The molecule has 0 spiro atoms. The lowest BCUT2D eigenvalue weighted by molar-refractivity contribution is 0.459. The summed E-state index contributed by atoms with van der Waals surface area (Å²) < 4.78 is 0. The summed E-state index contributed by atoms with van der Waals surface area (Å²) in [5, 5.41) is 9.48. The Morgan fingerprint density at radius 3 is 2.78 bits per heavy atom. The molecule has 1 fully saturated rings. The molecule has 1 atom stereocenters. The highest BCUT2D eigenvalue weighted by atomic mass is 14.3. The second-order valence-electron chi connectivity index (χ2n) is 4.85. The summed E-state index contributed by atoms with van der Waals surface area (Å²) in [6, 6.07) is 12.5. The van der Waals surface area contributed by atoms with E-state index in [1.165, 1.54) is 24.8 Å². The fourth-order valence-electron chi connectivity index (χ4n) is 2.80. The average Bonchev–Trinajstić information content (AvgIpc) is 2.43. The average molecular weight is 237 g/mol. The number of hydrogen-bond acceptors (Lipinski definition) is 1. The van der Waals surface area contributed by atoms with Gasteiger partial charge in [-0.1, -0.05) is 42.8 Å². The van der Waals surface area contributed by atoms with Crippen LogP contribution in [0.2, 0.25) is 0 Å². The maximum Gasteiger partial charge on any atom is 0.0997 e. The third-order valence-corrected chi connectivity index (χ3v) is 3.69. The molecule has 1 unspecified atom stereocenters. The predicted octanol–water partition coefficient (Wildman–Crippen LogP) is 4.73. The molecule has 0 aliphatic heterocycles. The van der Waals surface area contributed by atoms with Crippen LogP contribution in [0, 0.1) is 17.2 Å². The Balaban J connectivity index is 2.41. The molecule has 0 radical (unpaired) electrons. The van der Waals surface area contributed by atoms with Gasteiger partial charge in [-0.3, -0.25) is 0 Å². The first-order chi connectivity index (χ1) is 8.86. The molecule has 0 saturated heterocycles. The van der Waals surface area contributed by atoms with E-state index < -0.39 is 0 Å². The number of benzene rings is 1. The van der Waals surface area contributed by atoms with Crippen LogP contribution in [0.1, 0.15) is 37.7 Å². The number of hydrogen-bond donors (Lipinski definition) is 0. The standard InChI is InChI=1S/C17H19N/c1-2-8-14-11-6-7-12-16(14)17(13-18)15-9-4-3-5-10-15/h2-5,9-10,14H,1,6-8,11-12H2/b17-16+. The molecule has 0 amide bonds. The molecule has 1 heteroatoms. The first-order valence-corrected chi connectivity index (χ1v) is 6.66. The van der Waals surface area contributed by atoms with E-state index in [2.05, 4.69) is 12.6 Å². The van der Waals surface area contributed by atoms with Crippen molar-refractivity contribution in [2.45, 2.75) is 32.1 Å². The third kappa shape index (κ3) is 2.71. The fourth-order valence-corrected chi connectivity index (χ4v) is 2.80. The smallest absolute Gasteiger partial charge is 0.0997 e. The van der Waals surface area contributed by atoms with Gasteiger partial charge in [-0.25, -0.2) is 0 Å². The van der Waals surface area contributed by atoms with Crippen molar-refractivity contribution < 1.29 is 0 Å². The van der Waals surface area contributed by atoms with Crippen LogP contribution in [0.3, 0.4) is 0 Å². The topological polar surface area (TPSA) is 23.8 Å².